The molecule has 1 heterocycles. The van der Waals surface area contributed by atoms with Gasteiger partial charge >= 0.3 is 0 Å². The van der Waals surface area contributed by atoms with Crippen molar-refractivity contribution in [2.24, 2.45) is 5.73 Å². The molecule has 5 heteroatoms. The van der Waals surface area contributed by atoms with Gasteiger partial charge in [0.05, 0.1) is 11.3 Å². The van der Waals surface area contributed by atoms with E-state index in [1.807, 2.05) is 31.2 Å². The van der Waals surface area contributed by atoms with E-state index in [1.165, 1.54) is 11.8 Å². The van der Waals surface area contributed by atoms with Crippen LogP contribution in [0.15, 0.2) is 47.1 Å². The number of furan rings is 1. The SMILES string of the molecule is Cc1ccc(CN(CCC(N)=S)C(=O)c2ccco2)cc1. The molecule has 1 aromatic heterocycles. The Balaban J connectivity index is 2.13. The molecule has 0 radical (unpaired) electrons. The quantitative estimate of drug-likeness (QED) is 0.834. The van der Waals surface area contributed by atoms with Crippen molar-refractivity contribution in [3.63, 3.8) is 0 Å². The van der Waals surface area contributed by atoms with E-state index in [0.717, 1.165) is 5.56 Å². The smallest absolute Gasteiger partial charge is 0.289 e. The predicted molar refractivity (Wildman–Crippen MR) is 86.0 cm³/mol. The number of amides is 1. The molecule has 21 heavy (non-hydrogen) atoms. The van der Waals surface area contributed by atoms with Gasteiger partial charge in [-0.2, -0.15) is 0 Å². The van der Waals surface area contributed by atoms with Gasteiger partial charge in [-0.15, -0.1) is 0 Å². The fourth-order valence-corrected chi connectivity index (χ4v) is 2.06. The number of nitrogens with zero attached hydrogens (tertiary/aromatic N) is 1. The fourth-order valence-electron chi connectivity index (χ4n) is 1.97. The molecular weight excluding hydrogens is 284 g/mol. The molecule has 0 aliphatic heterocycles. The number of benzene rings is 1. The Hall–Kier alpha value is -2.14. The second-order valence-corrected chi connectivity index (χ2v) is 5.43. The van der Waals surface area contributed by atoms with Gasteiger partial charge in [-0.05, 0) is 24.6 Å². The average molecular weight is 302 g/mol. The molecule has 2 N–H and O–H groups in total. The normalized spacial score (nSPS) is 10.3. The van der Waals surface area contributed by atoms with Crippen molar-refractivity contribution in [3.8, 4) is 0 Å². The molecule has 2 aromatic rings. The largest absolute Gasteiger partial charge is 0.459 e. The van der Waals surface area contributed by atoms with Crippen LogP contribution in [-0.4, -0.2) is 22.3 Å². The van der Waals surface area contributed by atoms with Crippen molar-refractivity contribution in [1.29, 1.82) is 0 Å². The summed E-state index contributed by atoms with van der Waals surface area (Å²) in [5, 5.41) is 0. The van der Waals surface area contributed by atoms with E-state index in [2.05, 4.69) is 0 Å². The molecule has 0 aliphatic carbocycles. The number of nitrogens with two attached hydrogens (primary N) is 1. The van der Waals surface area contributed by atoms with Gasteiger partial charge in [0, 0.05) is 19.5 Å². The topological polar surface area (TPSA) is 59.5 Å². The maximum absolute atomic E-state index is 12.4. The Morgan fingerprint density at radius 2 is 2.00 bits per heavy atom. The average Bonchev–Trinajstić information content (AvgIpc) is 2.98. The van der Waals surface area contributed by atoms with Crippen LogP contribution in [0, 0.1) is 6.92 Å². The van der Waals surface area contributed by atoms with E-state index in [9.17, 15) is 4.79 Å². The predicted octanol–water partition coefficient (Wildman–Crippen LogP) is 2.91. The van der Waals surface area contributed by atoms with Crippen LogP contribution < -0.4 is 5.73 Å². The first kappa shape index (κ1) is 15.3. The van der Waals surface area contributed by atoms with Crippen LogP contribution >= 0.6 is 12.2 Å². The zero-order valence-corrected chi connectivity index (χ0v) is 12.7. The lowest BCUT2D eigenvalue weighted by Crippen LogP contribution is -2.33. The van der Waals surface area contributed by atoms with Crippen LogP contribution in [-0.2, 0) is 6.54 Å². The minimum absolute atomic E-state index is 0.156. The highest BCUT2D eigenvalue weighted by molar-refractivity contribution is 7.80. The van der Waals surface area contributed by atoms with Gasteiger partial charge in [-0.1, -0.05) is 42.0 Å². The molecule has 0 aliphatic rings. The number of hydrogen-bond donors (Lipinski definition) is 1. The van der Waals surface area contributed by atoms with E-state index in [4.69, 9.17) is 22.4 Å². The highest BCUT2D eigenvalue weighted by atomic mass is 32.1. The van der Waals surface area contributed by atoms with Crippen LogP contribution in [0.1, 0.15) is 28.1 Å². The first-order valence-corrected chi connectivity index (χ1v) is 7.13. The van der Waals surface area contributed by atoms with Crippen molar-refractivity contribution in [2.75, 3.05) is 6.54 Å². The third kappa shape index (κ3) is 4.43. The number of thiocarbonyl (C=S) groups is 1. The van der Waals surface area contributed by atoms with Crippen molar-refractivity contribution >= 4 is 23.1 Å². The standard InChI is InChI=1S/C16H18N2O2S/c1-12-4-6-13(7-5-12)11-18(9-8-15(17)21)16(19)14-3-2-10-20-14/h2-7,10H,8-9,11H2,1H3,(H2,17,21). The molecular formula is C16H18N2O2S. The molecule has 0 bridgehead atoms. The molecule has 1 aromatic carbocycles. The lowest BCUT2D eigenvalue weighted by molar-refractivity contribution is 0.0716. The summed E-state index contributed by atoms with van der Waals surface area (Å²) in [6, 6.07) is 11.4. The number of aryl methyl sites for hydroxylation is 1. The van der Waals surface area contributed by atoms with E-state index in [1.54, 1.807) is 17.0 Å². The molecule has 0 fully saturated rings. The van der Waals surface area contributed by atoms with Crippen LogP contribution in [0.5, 0.6) is 0 Å². The van der Waals surface area contributed by atoms with Gasteiger partial charge in [-0.25, -0.2) is 0 Å². The summed E-state index contributed by atoms with van der Waals surface area (Å²) >= 11 is 4.90. The summed E-state index contributed by atoms with van der Waals surface area (Å²) in [6.07, 6.45) is 1.98. The Bertz CT molecular complexity index is 606. The first-order chi connectivity index (χ1) is 10.1. The molecule has 4 nitrogen and oxygen atoms in total. The molecule has 0 unspecified atom stereocenters. The molecule has 0 saturated carbocycles. The van der Waals surface area contributed by atoms with Crippen molar-refractivity contribution in [3.05, 3.63) is 59.5 Å². The Morgan fingerprint density at radius 3 is 2.57 bits per heavy atom. The Labute approximate surface area is 129 Å². The van der Waals surface area contributed by atoms with Gasteiger partial charge in [0.1, 0.15) is 0 Å². The van der Waals surface area contributed by atoms with E-state index in [-0.39, 0.29) is 5.91 Å². The van der Waals surface area contributed by atoms with Crippen molar-refractivity contribution in [2.45, 2.75) is 19.9 Å². The number of hydrogen-bond acceptors (Lipinski definition) is 3. The van der Waals surface area contributed by atoms with Crippen LogP contribution in [0.25, 0.3) is 0 Å². The van der Waals surface area contributed by atoms with Gasteiger partial charge in [0.15, 0.2) is 5.76 Å². The molecule has 2 rings (SSSR count). The molecule has 110 valence electrons. The maximum atomic E-state index is 12.4. The maximum Gasteiger partial charge on any atom is 0.289 e. The zero-order valence-electron chi connectivity index (χ0n) is 11.9. The van der Waals surface area contributed by atoms with Gasteiger partial charge in [0.25, 0.3) is 5.91 Å². The molecule has 0 atom stereocenters. The summed E-state index contributed by atoms with van der Waals surface area (Å²) in [7, 11) is 0. The Morgan fingerprint density at radius 1 is 1.29 bits per heavy atom. The summed E-state index contributed by atoms with van der Waals surface area (Å²) < 4.78 is 5.18. The van der Waals surface area contributed by atoms with Crippen molar-refractivity contribution in [1.82, 2.24) is 4.90 Å². The second-order valence-electron chi connectivity index (χ2n) is 4.91. The first-order valence-electron chi connectivity index (χ1n) is 6.73. The summed E-state index contributed by atoms with van der Waals surface area (Å²) in [5.41, 5.74) is 7.79. The summed E-state index contributed by atoms with van der Waals surface area (Å²) in [6.45, 7) is 3.01. The molecule has 0 saturated heterocycles. The number of carbonyl (C=O) groups is 1. The summed E-state index contributed by atoms with van der Waals surface area (Å²) in [5.74, 6) is 0.168. The lowest BCUT2D eigenvalue weighted by Gasteiger charge is -2.21. The Kier molecular flexibility index (Phi) is 5.11. The zero-order chi connectivity index (χ0) is 15.2. The third-order valence-electron chi connectivity index (χ3n) is 3.14. The molecule has 1 amide bonds. The highest BCUT2D eigenvalue weighted by Gasteiger charge is 2.18. The minimum atomic E-state index is -0.156. The lowest BCUT2D eigenvalue weighted by atomic mass is 10.1. The van der Waals surface area contributed by atoms with Gasteiger partial charge in [0.2, 0.25) is 0 Å². The third-order valence-corrected chi connectivity index (χ3v) is 3.35. The highest BCUT2D eigenvalue weighted by Crippen LogP contribution is 2.12. The number of rotatable bonds is 6. The van der Waals surface area contributed by atoms with E-state index < -0.39 is 0 Å². The summed E-state index contributed by atoms with van der Waals surface area (Å²) in [4.78, 5) is 14.5. The number of carbonyl (C=O) groups excluding carboxylic acids is 1. The van der Waals surface area contributed by atoms with Crippen LogP contribution in [0.2, 0.25) is 0 Å². The van der Waals surface area contributed by atoms with E-state index in [0.29, 0.717) is 30.3 Å². The minimum Gasteiger partial charge on any atom is -0.459 e. The van der Waals surface area contributed by atoms with Crippen molar-refractivity contribution < 1.29 is 9.21 Å². The van der Waals surface area contributed by atoms with Gasteiger partial charge in [-0.3, -0.25) is 4.79 Å². The van der Waals surface area contributed by atoms with Crippen LogP contribution in [0.3, 0.4) is 0 Å². The van der Waals surface area contributed by atoms with Crippen LogP contribution in [0.4, 0.5) is 0 Å². The second kappa shape index (κ2) is 7.04. The fraction of sp³-hybridized carbons (Fsp3) is 0.250. The van der Waals surface area contributed by atoms with E-state index >= 15 is 0 Å². The monoisotopic (exact) mass is 302 g/mol. The molecule has 0 spiro atoms. The van der Waals surface area contributed by atoms with Gasteiger partial charge < -0.3 is 15.1 Å².